The third-order valence-electron chi connectivity index (χ3n) is 1.80. The Hall–Kier alpha value is -1.44. The van der Waals surface area contributed by atoms with Crippen molar-refractivity contribution >= 4 is 0 Å². The van der Waals surface area contributed by atoms with Crippen molar-refractivity contribution in [2.45, 2.75) is 12.8 Å². The Morgan fingerprint density at radius 2 is 2.42 bits per heavy atom. The predicted molar refractivity (Wildman–Crippen MR) is 44.5 cm³/mol. The van der Waals surface area contributed by atoms with E-state index in [1.807, 2.05) is 12.2 Å². The maximum absolute atomic E-state index is 5.22. The Kier molecular flexibility index (Phi) is 1.99. The van der Waals surface area contributed by atoms with Crippen LogP contribution in [-0.4, -0.2) is 0 Å². The third-order valence-corrected chi connectivity index (χ3v) is 1.80. The van der Waals surface area contributed by atoms with Gasteiger partial charge in [0.2, 0.25) is 6.26 Å². The van der Waals surface area contributed by atoms with E-state index in [-0.39, 0.29) is 0 Å². The SMILES string of the molecule is [C]1=COC(C2=CC=CCC2)=CO1. The summed E-state index contributed by atoms with van der Waals surface area (Å²) < 4.78 is 10.1. The standard InChI is InChI=1S/C10H9O2/c1-2-4-9(5-3-1)10-8-11-6-7-12-10/h1-2,4,7-8H,3,5H2. The minimum absolute atomic E-state index is 0.790. The van der Waals surface area contributed by atoms with Gasteiger partial charge in [0.25, 0.3) is 0 Å². The molecule has 0 amide bonds. The van der Waals surface area contributed by atoms with Gasteiger partial charge in [0.15, 0.2) is 5.76 Å². The molecule has 1 radical (unpaired) electrons. The number of allylic oxidation sites excluding steroid dienone is 4. The third kappa shape index (κ3) is 1.42. The summed E-state index contributed by atoms with van der Waals surface area (Å²) in [7, 11) is 0. The van der Waals surface area contributed by atoms with Crippen LogP contribution in [0, 0.1) is 6.26 Å². The maximum atomic E-state index is 5.22. The largest absolute Gasteiger partial charge is 0.457 e. The smallest absolute Gasteiger partial charge is 0.207 e. The average molecular weight is 161 g/mol. The fourth-order valence-electron chi connectivity index (χ4n) is 1.19. The molecule has 0 saturated carbocycles. The molecule has 0 spiro atoms. The van der Waals surface area contributed by atoms with Gasteiger partial charge in [0.1, 0.15) is 12.5 Å². The van der Waals surface area contributed by atoms with E-state index in [1.54, 1.807) is 6.26 Å². The highest BCUT2D eigenvalue weighted by Gasteiger charge is 2.09. The van der Waals surface area contributed by atoms with Gasteiger partial charge in [0, 0.05) is 0 Å². The van der Waals surface area contributed by atoms with Crippen molar-refractivity contribution in [1.29, 1.82) is 0 Å². The summed E-state index contributed by atoms with van der Waals surface area (Å²) in [5.41, 5.74) is 1.18. The lowest BCUT2D eigenvalue weighted by atomic mass is 10.0. The van der Waals surface area contributed by atoms with Gasteiger partial charge in [-0.05, 0) is 18.4 Å². The molecule has 12 heavy (non-hydrogen) atoms. The first-order valence-electron chi connectivity index (χ1n) is 3.92. The van der Waals surface area contributed by atoms with Crippen molar-refractivity contribution in [1.82, 2.24) is 0 Å². The van der Waals surface area contributed by atoms with Crippen LogP contribution in [0.2, 0.25) is 0 Å². The van der Waals surface area contributed by atoms with E-state index in [1.165, 1.54) is 11.8 Å². The molecule has 0 aromatic heterocycles. The molecule has 0 unspecified atom stereocenters. The lowest BCUT2D eigenvalue weighted by Crippen LogP contribution is -1.98. The summed E-state index contributed by atoms with van der Waals surface area (Å²) >= 11 is 0. The van der Waals surface area contributed by atoms with Crippen LogP contribution >= 0.6 is 0 Å². The number of hydrogen-bond acceptors (Lipinski definition) is 2. The Balaban J connectivity index is 2.13. The molecule has 0 fully saturated rings. The van der Waals surface area contributed by atoms with Crippen LogP contribution in [0.4, 0.5) is 0 Å². The fraction of sp³-hybridized carbons (Fsp3) is 0.200. The number of rotatable bonds is 1. The second-order valence-electron chi connectivity index (χ2n) is 2.61. The maximum Gasteiger partial charge on any atom is 0.207 e. The zero-order valence-electron chi connectivity index (χ0n) is 6.62. The van der Waals surface area contributed by atoms with Gasteiger partial charge < -0.3 is 9.47 Å². The summed E-state index contributed by atoms with van der Waals surface area (Å²) in [6.45, 7) is 0. The molecule has 2 rings (SSSR count). The Labute approximate surface area is 71.5 Å². The first-order chi connectivity index (χ1) is 5.97. The molecule has 0 aromatic rings. The van der Waals surface area contributed by atoms with E-state index in [9.17, 15) is 0 Å². The fourth-order valence-corrected chi connectivity index (χ4v) is 1.19. The zero-order valence-corrected chi connectivity index (χ0v) is 6.62. The van der Waals surface area contributed by atoms with Crippen LogP contribution in [0.1, 0.15) is 12.8 Å². The summed E-state index contributed by atoms with van der Waals surface area (Å²) in [5.74, 6) is 0.790. The first kappa shape index (κ1) is 7.22. The molecular weight excluding hydrogens is 152 g/mol. The van der Waals surface area contributed by atoms with E-state index in [2.05, 4.69) is 12.3 Å². The van der Waals surface area contributed by atoms with E-state index in [0.717, 1.165) is 18.6 Å². The van der Waals surface area contributed by atoms with Gasteiger partial charge in [-0.15, -0.1) is 0 Å². The highest BCUT2D eigenvalue weighted by Crippen LogP contribution is 2.22. The molecule has 1 heterocycles. The van der Waals surface area contributed by atoms with Gasteiger partial charge in [-0.2, -0.15) is 0 Å². The van der Waals surface area contributed by atoms with E-state index in [0.29, 0.717) is 0 Å². The van der Waals surface area contributed by atoms with Crippen LogP contribution < -0.4 is 0 Å². The van der Waals surface area contributed by atoms with Crippen molar-refractivity contribution in [2.75, 3.05) is 0 Å². The van der Waals surface area contributed by atoms with Gasteiger partial charge in [-0.1, -0.05) is 18.2 Å². The molecule has 0 saturated heterocycles. The normalized spacial score (nSPS) is 20.7. The number of ether oxygens (including phenoxy) is 2. The molecule has 1 aliphatic carbocycles. The average Bonchev–Trinajstić information content (AvgIpc) is 2.21. The molecule has 0 N–H and O–H groups in total. The second kappa shape index (κ2) is 3.30. The highest BCUT2D eigenvalue weighted by molar-refractivity contribution is 5.32. The Morgan fingerprint density at radius 3 is 3.08 bits per heavy atom. The van der Waals surface area contributed by atoms with Crippen LogP contribution in [0.25, 0.3) is 0 Å². The summed E-state index contributed by atoms with van der Waals surface area (Å²) in [6.07, 6.45) is 13.8. The van der Waals surface area contributed by atoms with Crippen LogP contribution in [0.3, 0.4) is 0 Å². The number of hydrogen-bond donors (Lipinski definition) is 0. The molecule has 2 nitrogen and oxygen atoms in total. The minimum Gasteiger partial charge on any atom is -0.457 e. The van der Waals surface area contributed by atoms with E-state index < -0.39 is 0 Å². The molecule has 0 bridgehead atoms. The summed E-state index contributed by atoms with van der Waals surface area (Å²) in [6, 6.07) is 0. The van der Waals surface area contributed by atoms with E-state index in [4.69, 9.17) is 9.47 Å². The molecule has 61 valence electrons. The van der Waals surface area contributed by atoms with Crippen molar-refractivity contribution in [3.63, 3.8) is 0 Å². The molecule has 2 heteroatoms. The first-order valence-corrected chi connectivity index (χ1v) is 3.92. The monoisotopic (exact) mass is 161 g/mol. The summed E-state index contributed by atoms with van der Waals surface area (Å²) in [4.78, 5) is 0. The van der Waals surface area contributed by atoms with Gasteiger partial charge in [-0.25, -0.2) is 0 Å². The molecule has 1 aliphatic heterocycles. The van der Waals surface area contributed by atoms with Crippen molar-refractivity contribution < 1.29 is 9.47 Å². The lowest BCUT2D eigenvalue weighted by Gasteiger charge is -2.13. The topological polar surface area (TPSA) is 18.5 Å². The quantitative estimate of drug-likeness (QED) is 0.588. The van der Waals surface area contributed by atoms with Crippen molar-refractivity contribution in [2.24, 2.45) is 0 Å². The van der Waals surface area contributed by atoms with Crippen molar-refractivity contribution in [3.8, 4) is 0 Å². The minimum atomic E-state index is 0.790. The molecule has 0 atom stereocenters. The molecule has 2 aliphatic rings. The second-order valence-corrected chi connectivity index (χ2v) is 2.61. The Bertz CT molecular complexity index is 282. The van der Waals surface area contributed by atoms with Crippen LogP contribution in [0.5, 0.6) is 0 Å². The predicted octanol–water partition coefficient (Wildman–Crippen LogP) is 2.43. The molecular formula is C10H9O2. The lowest BCUT2D eigenvalue weighted by molar-refractivity contribution is 0.247. The Morgan fingerprint density at radius 1 is 1.42 bits per heavy atom. The molecule has 0 aromatic carbocycles. The summed E-state index contributed by atoms with van der Waals surface area (Å²) in [5, 5.41) is 0. The van der Waals surface area contributed by atoms with Crippen LogP contribution in [0.15, 0.2) is 42.1 Å². The van der Waals surface area contributed by atoms with Gasteiger partial charge >= 0.3 is 0 Å². The van der Waals surface area contributed by atoms with E-state index >= 15 is 0 Å². The van der Waals surface area contributed by atoms with Crippen LogP contribution in [-0.2, 0) is 9.47 Å². The van der Waals surface area contributed by atoms with Crippen molar-refractivity contribution in [3.05, 3.63) is 48.3 Å². The van der Waals surface area contributed by atoms with Gasteiger partial charge in [-0.3, -0.25) is 0 Å². The highest BCUT2D eigenvalue weighted by atomic mass is 16.5. The zero-order chi connectivity index (χ0) is 8.23. The van der Waals surface area contributed by atoms with Gasteiger partial charge in [0.05, 0.1) is 0 Å².